The van der Waals surface area contributed by atoms with Gasteiger partial charge in [0.15, 0.2) is 0 Å². The molecule has 1 saturated heterocycles. The van der Waals surface area contributed by atoms with Crippen molar-refractivity contribution in [3.63, 3.8) is 0 Å². The minimum absolute atomic E-state index is 0.0282. The molecule has 1 N–H and O–H groups in total. The van der Waals surface area contributed by atoms with E-state index in [2.05, 4.69) is 5.32 Å². The summed E-state index contributed by atoms with van der Waals surface area (Å²) >= 11 is 0. The van der Waals surface area contributed by atoms with Crippen molar-refractivity contribution in [2.24, 2.45) is 5.41 Å². The fourth-order valence-electron chi connectivity index (χ4n) is 2.27. The van der Waals surface area contributed by atoms with Gasteiger partial charge in [0.2, 0.25) is 0 Å². The maximum atomic E-state index is 12.6. The lowest BCUT2D eigenvalue weighted by molar-refractivity contribution is -0.137. The smallest absolute Gasteiger partial charge is 0.381 e. The third-order valence-corrected chi connectivity index (χ3v) is 3.83. The predicted octanol–water partition coefficient (Wildman–Crippen LogP) is 3.25. The average Bonchev–Trinajstić information content (AvgIpc) is 2.45. The Hall–Kier alpha value is -1.56. The minimum atomic E-state index is -4.44. The van der Waals surface area contributed by atoms with Crippen LogP contribution in [0.2, 0.25) is 0 Å². The number of amides is 1. The maximum absolute atomic E-state index is 12.6. The third kappa shape index (κ3) is 4.20. The van der Waals surface area contributed by atoms with Crippen LogP contribution in [0.25, 0.3) is 0 Å². The normalized spacial score (nSPS) is 18.3. The van der Waals surface area contributed by atoms with Crippen molar-refractivity contribution in [1.82, 2.24) is 5.32 Å². The Morgan fingerprint density at radius 2 is 2.00 bits per heavy atom. The number of rotatable bonds is 3. The summed E-state index contributed by atoms with van der Waals surface area (Å²) in [5.74, 6) is -0.478. The van der Waals surface area contributed by atoms with Gasteiger partial charge in [-0.2, -0.15) is 13.2 Å². The zero-order valence-corrected chi connectivity index (χ0v) is 11.8. The first-order valence-corrected chi connectivity index (χ1v) is 6.83. The van der Waals surface area contributed by atoms with E-state index in [1.54, 1.807) is 0 Å². The van der Waals surface area contributed by atoms with E-state index in [4.69, 9.17) is 4.74 Å². The summed E-state index contributed by atoms with van der Waals surface area (Å²) in [5.41, 5.74) is -0.844. The summed E-state index contributed by atoms with van der Waals surface area (Å²) in [4.78, 5) is 12.0. The van der Waals surface area contributed by atoms with E-state index in [1.807, 2.05) is 6.92 Å². The van der Waals surface area contributed by atoms with Crippen LogP contribution >= 0.6 is 0 Å². The fourth-order valence-corrected chi connectivity index (χ4v) is 2.27. The zero-order valence-electron chi connectivity index (χ0n) is 11.8. The van der Waals surface area contributed by atoms with Gasteiger partial charge in [-0.25, -0.2) is 0 Å². The van der Waals surface area contributed by atoms with Crippen LogP contribution in [-0.2, 0) is 10.9 Å². The number of nitrogens with one attached hydrogen (secondary N) is 1. The lowest BCUT2D eigenvalue weighted by Crippen LogP contribution is -2.39. The van der Waals surface area contributed by atoms with E-state index in [1.165, 1.54) is 12.1 Å². The van der Waals surface area contributed by atoms with Crippen LogP contribution in [0.5, 0.6) is 0 Å². The number of halogens is 3. The van der Waals surface area contributed by atoms with Gasteiger partial charge in [0, 0.05) is 25.3 Å². The molecule has 1 aliphatic heterocycles. The van der Waals surface area contributed by atoms with Crippen molar-refractivity contribution >= 4 is 5.91 Å². The molecule has 2 rings (SSSR count). The molecule has 1 aromatic rings. The van der Waals surface area contributed by atoms with E-state index >= 15 is 0 Å². The molecule has 1 heterocycles. The number of carbonyl (C=O) groups excluding carboxylic acids is 1. The number of alkyl halides is 3. The van der Waals surface area contributed by atoms with E-state index in [9.17, 15) is 18.0 Å². The maximum Gasteiger partial charge on any atom is 0.416 e. The quantitative estimate of drug-likeness (QED) is 0.930. The molecule has 0 saturated carbocycles. The summed E-state index contributed by atoms with van der Waals surface area (Å²) < 4.78 is 43.1. The summed E-state index contributed by atoms with van der Waals surface area (Å²) in [6.45, 7) is 3.78. The van der Waals surface area contributed by atoms with Gasteiger partial charge < -0.3 is 10.1 Å². The van der Waals surface area contributed by atoms with Crippen LogP contribution < -0.4 is 5.32 Å². The molecule has 0 bridgehead atoms. The third-order valence-electron chi connectivity index (χ3n) is 3.83. The Kier molecular flexibility index (Phi) is 4.56. The molecular formula is C15H18F3NO2. The lowest BCUT2D eigenvalue weighted by Gasteiger charge is -2.33. The first-order chi connectivity index (χ1) is 9.80. The van der Waals surface area contributed by atoms with Gasteiger partial charge in [-0.1, -0.05) is 13.0 Å². The number of hydrogen-bond donors (Lipinski definition) is 1. The molecule has 3 nitrogen and oxygen atoms in total. The van der Waals surface area contributed by atoms with Crippen molar-refractivity contribution in [1.29, 1.82) is 0 Å². The minimum Gasteiger partial charge on any atom is -0.381 e. The van der Waals surface area contributed by atoms with E-state index < -0.39 is 17.6 Å². The Morgan fingerprint density at radius 3 is 2.62 bits per heavy atom. The predicted molar refractivity (Wildman–Crippen MR) is 71.9 cm³/mol. The van der Waals surface area contributed by atoms with Gasteiger partial charge in [0.05, 0.1) is 5.56 Å². The van der Waals surface area contributed by atoms with Gasteiger partial charge in [-0.3, -0.25) is 4.79 Å². The van der Waals surface area contributed by atoms with Crippen LogP contribution in [0.1, 0.15) is 35.7 Å². The largest absolute Gasteiger partial charge is 0.416 e. The molecule has 0 aliphatic carbocycles. The van der Waals surface area contributed by atoms with Crippen LogP contribution in [0, 0.1) is 5.41 Å². The van der Waals surface area contributed by atoms with Crippen molar-refractivity contribution in [2.75, 3.05) is 19.8 Å². The second-order valence-corrected chi connectivity index (χ2v) is 5.68. The monoisotopic (exact) mass is 301 g/mol. The summed E-state index contributed by atoms with van der Waals surface area (Å²) in [5, 5.41) is 2.73. The van der Waals surface area contributed by atoms with Crippen molar-refractivity contribution in [3.8, 4) is 0 Å². The second kappa shape index (κ2) is 6.05. The standard InChI is InChI=1S/C15H18F3NO2/c1-14(5-7-21-8-6-14)10-19-13(20)11-3-2-4-12(9-11)15(16,17)18/h2-4,9H,5-8,10H2,1H3,(H,19,20). The Labute approximate surface area is 121 Å². The highest BCUT2D eigenvalue weighted by Gasteiger charge is 2.31. The number of carbonyl (C=O) groups is 1. The van der Waals surface area contributed by atoms with E-state index in [0.717, 1.165) is 25.0 Å². The molecule has 0 radical (unpaired) electrons. The summed E-state index contributed by atoms with van der Waals surface area (Å²) in [7, 11) is 0. The first-order valence-electron chi connectivity index (χ1n) is 6.83. The highest BCUT2D eigenvalue weighted by atomic mass is 19.4. The number of benzene rings is 1. The number of ether oxygens (including phenoxy) is 1. The van der Waals surface area contributed by atoms with Crippen molar-refractivity contribution in [2.45, 2.75) is 25.9 Å². The van der Waals surface area contributed by atoms with E-state index in [-0.39, 0.29) is 11.0 Å². The molecule has 21 heavy (non-hydrogen) atoms. The molecule has 0 atom stereocenters. The Bertz CT molecular complexity index is 508. The van der Waals surface area contributed by atoms with Crippen LogP contribution in [0.3, 0.4) is 0 Å². The van der Waals surface area contributed by atoms with Gasteiger partial charge in [0.25, 0.3) is 5.91 Å². The molecule has 0 unspecified atom stereocenters. The topological polar surface area (TPSA) is 38.3 Å². The highest BCUT2D eigenvalue weighted by Crippen LogP contribution is 2.30. The van der Waals surface area contributed by atoms with Gasteiger partial charge in [-0.05, 0) is 36.5 Å². The van der Waals surface area contributed by atoms with Gasteiger partial charge in [-0.15, -0.1) is 0 Å². The van der Waals surface area contributed by atoms with Crippen LogP contribution in [-0.4, -0.2) is 25.7 Å². The summed E-state index contributed by atoms with van der Waals surface area (Å²) in [6, 6.07) is 4.46. The average molecular weight is 301 g/mol. The van der Waals surface area contributed by atoms with Gasteiger partial charge in [0.1, 0.15) is 0 Å². The molecule has 1 fully saturated rings. The second-order valence-electron chi connectivity index (χ2n) is 5.68. The molecular weight excluding hydrogens is 283 g/mol. The molecule has 1 aromatic carbocycles. The molecule has 1 aliphatic rings. The van der Waals surface area contributed by atoms with E-state index in [0.29, 0.717) is 19.8 Å². The Balaban J connectivity index is 2.00. The van der Waals surface area contributed by atoms with Crippen molar-refractivity contribution < 1.29 is 22.7 Å². The number of hydrogen-bond acceptors (Lipinski definition) is 2. The zero-order chi connectivity index (χ0) is 15.5. The molecule has 116 valence electrons. The lowest BCUT2D eigenvalue weighted by atomic mass is 9.82. The molecule has 0 aromatic heterocycles. The SMILES string of the molecule is CC1(CNC(=O)c2cccc(C(F)(F)F)c2)CCOCC1. The van der Waals surface area contributed by atoms with Gasteiger partial charge >= 0.3 is 6.18 Å². The summed E-state index contributed by atoms with van der Waals surface area (Å²) in [6.07, 6.45) is -2.78. The highest BCUT2D eigenvalue weighted by molar-refractivity contribution is 5.94. The van der Waals surface area contributed by atoms with Crippen molar-refractivity contribution in [3.05, 3.63) is 35.4 Å². The molecule has 6 heteroatoms. The Morgan fingerprint density at radius 1 is 1.33 bits per heavy atom. The first kappa shape index (κ1) is 15.8. The molecule has 0 spiro atoms. The van der Waals surface area contributed by atoms with Crippen LogP contribution in [0.15, 0.2) is 24.3 Å². The fraction of sp³-hybridized carbons (Fsp3) is 0.533. The molecule has 1 amide bonds. The van der Waals surface area contributed by atoms with Crippen LogP contribution in [0.4, 0.5) is 13.2 Å².